The van der Waals surface area contributed by atoms with Crippen LogP contribution in [-0.4, -0.2) is 63.8 Å². The van der Waals surface area contributed by atoms with E-state index in [0.717, 1.165) is 6.26 Å². The first kappa shape index (κ1) is 26.8. The lowest BCUT2D eigenvalue weighted by molar-refractivity contribution is 0.0914. The molecule has 1 aromatic heterocycles. The van der Waals surface area contributed by atoms with Gasteiger partial charge in [0.1, 0.15) is 23.7 Å². The second-order valence-corrected chi connectivity index (χ2v) is 9.84. The van der Waals surface area contributed by atoms with E-state index in [2.05, 4.69) is 4.98 Å². The number of carbonyl (C=O) groups is 2. The number of methoxy groups -OCH3 is 2. The summed E-state index contributed by atoms with van der Waals surface area (Å²) >= 11 is 0. The van der Waals surface area contributed by atoms with Crippen LogP contribution in [0.1, 0.15) is 33.7 Å². The van der Waals surface area contributed by atoms with E-state index in [0.29, 0.717) is 34.1 Å². The number of pyridine rings is 1. The molecule has 0 amide bonds. The molecule has 1 N–H and O–H groups in total. The van der Waals surface area contributed by atoms with Gasteiger partial charge in [-0.1, -0.05) is 12.1 Å². The largest absolute Gasteiger partial charge is 0.494 e. The summed E-state index contributed by atoms with van der Waals surface area (Å²) in [6.07, 6.45) is 1.03. The summed E-state index contributed by atoms with van der Waals surface area (Å²) in [7, 11) is -0.434. The molecular formula is C26H27NO8S. The number of carbonyl (C=O) groups excluding carboxylic acids is 2. The lowest BCUT2D eigenvalue weighted by Crippen LogP contribution is -2.08. The van der Waals surface area contributed by atoms with Gasteiger partial charge in [-0.2, -0.15) is 0 Å². The number of aliphatic hydroxyl groups is 1. The SMILES string of the molecule is COc1cc(C(=O)CCC(=O)c2ccc(OC)c(-c3ccc(S(C)(=O)=O)cc3)n2)ccc1OCCO. The number of benzene rings is 2. The topological polar surface area (TPSA) is 129 Å². The van der Waals surface area contributed by atoms with Crippen molar-refractivity contribution >= 4 is 21.4 Å². The zero-order valence-corrected chi connectivity index (χ0v) is 21.0. The molecule has 0 unspecified atom stereocenters. The number of hydrogen-bond donors (Lipinski definition) is 1. The minimum absolute atomic E-state index is 0.0368. The molecule has 0 spiro atoms. The Morgan fingerprint density at radius 1 is 0.861 bits per heavy atom. The predicted octanol–water partition coefficient (Wildman–Crippen LogP) is 3.39. The summed E-state index contributed by atoms with van der Waals surface area (Å²) < 4.78 is 39.5. The van der Waals surface area contributed by atoms with Crippen molar-refractivity contribution in [2.45, 2.75) is 17.7 Å². The van der Waals surface area contributed by atoms with Crippen LogP contribution in [0.5, 0.6) is 17.2 Å². The molecule has 0 saturated heterocycles. The summed E-state index contributed by atoms with van der Waals surface area (Å²) in [5.74, 6) is 0.600. The Hall–Kier alpha value is -3.76. The van der Waals surface area contributed by atoms with E-state index in [-0.39, 0.29) is 48.2 Å². The zero-order chi connectivity index (χ0) is 26.3. The van der Waals surface area contributed by atoms with E-state index < -0.39 is 9.84 Å². The monoisotopic (exact) mass is 513 g/mol. The van der Waals surface area contributed by atoms with Crippen molar-refractivity contribution in [3.8, 4) is 28.5 Å². The fraction of sp³-hybridized carbons (Fsp3) is 0.269. The number of aliphatic hydroxyl groups excluding tert-OH is 1. The van der Waals surface area contributed by atoms with Gasteiger partial charge in [-0.05, 0) is 42.5 Å². The van der Waals surface area contributed by atoms with Crippen molar-refractivity contribution < 1.29 is 37.3 Å². The molecule has 0 radical (unpaired) electrons. The number of aromatic nitrogens is 1. The molecule has 0 bridgehead atoms. The van der Waals surface area contributed by atoms with Crippen LogP contribution >= 0.6 is 0 Å². The molecule has 0 aliphatic carbocycles. The third kappa shape index (κ3) is 6.46. The molecule has 36 heavy (non-hydrogen) atoms. The number of sulfone groups is 1. The summed E-state index contributed by atoms with van der Waals surface area (Å²) in [5, 5.41) is 8.92. The van der Waals surface area contributed by atoms with Crippen molar-refractivity contribution in [1.82, 2.24) is 4.98 Å². The number of hydrogen-bond acceptors (Lipinski definition) is 9. The molecule has 0 fully saturated rings. The highest BCUT2D eigenvalue weighted by Gasteiger charge is 2.17. The Kier molecular flexibility index (Phi) is 8.78. The molecule has 0 aliphatic heterocycles. The first-order valence-corrected chi connectivity index (χ1v) is 12.9. The second kappa shape index (κ2) is 11.8. The van der Waals surface area contributed by atoms with E-state index in [1.54, 1.807) is 30.3 Å². The maximum atomic E-state index is 12.8. The number of ketones is 2. The Labute approximate surface area is 209 Å². The van der Waals surface area contributed by atoms with Crippen LogP contribution < -0.4 is 14.2 Å². The molecule has 0 aliphatic rings. The summed E-state index contributed by atoms with van der Waals surface area (Å²) in [6.45, 7) is -0.0597. The molecule has 1 heterocycles. The molecule has 3 aromatic rings. The summed E-state index contributed by atoms with van der Waals surface area (Å²) in [6, 6.07) is 13.9. The first-order chi connectivity index (χ1) is 17.2. The maximum absolute atomic E-state index is 12.8. The highest BCUT2D eigenvalue weighted by Crippen LogP contribution is 2.30. The molecule has 9 nitrogen and oxygen atoms in total. The molecular weight excluding hydrogens is 486 g/mol. The Morgan fingerprint density at radius 3 is 2.11 bits per heavy atom. The molecule has 0 saturated carbocycles. The molecule has 190 valence electrons. The van der Waals surface area contributed by atoms with Crippen LogP contribution in [0.2, 0.25) is 0 Å². The van der Waals surface area contributed by atoms with Crippen molar-refractivity contribution in [2.24, 2.45) is 0 Å². The lowest BCUT2D eigenvalue weighted by Gasteiger charge is -2.11. The highest BCUT2D eigenvalue weighted by molar-refractivity contribution is 7.90. The third-order valence-electron chi connectivity index (χ3n) is 5.33. The minimum atomic E-state index is -3.35. The van der Waals surface area contributed by atoms with Crippen LogP contribution in [-0.2, 0) is 9.84 Å². The van der Waals surface area contributed by atoms with Crippen molar-refractivity contribution in [3.63, 3.8) is 0 Å². The van der Waals surface area contributed by atoms with E-state index in [4.69, 9.17) is 19.3 Å². The van der Waals surface area contributed by atoms with Gasteiger partial charge in [-0.3, -0.25) is 9.59 Å². The van der Waals surface area contributed by atoms with Gasteiger partial charge >= 0.3 is 0 Å². The first-order valence-electron chi connectivity index (χ1n) is 11.0. The second-order valence-electron chi connectivity index (χ2n) is 7.83. The lowest BCUT2D eigenvalue weighted by atomic mass is 10.0. The standard InChI is InChI=1S/C26H27NO8S/c1-33-24-13-9-20(27-26(24)17-4-7-19(8-5-17)36(3,31)32)22(30)11-10-21(29)18-6-12-23(35-15-14-28)25(16-18)34-2/h4-9,12-13,16,28H,10-11,14-15H2,1-3H3. The van der Waals surface area contributed by atoms with Crippen LogP contribution in [0.4, 0.5) is 0 Å². The Balaban J connectivity index is 1.75. The minimum Gasteiger partial charge on any atom is -0.494 e. The maximum Gasteiger partial charge on any atom is 0.181 e. The van der Waals surface area contributed by atoms with E-state index in [1.165, 1.54) is 38.5 Å². The zero-order valence-electron chi connectivity index (χ0n) is 20.2. The van der Waals surface area contributed by atoms with Gasteiger partial charge in [0.2, 0.25) is 0 Å². The predicted molar refractivity (Wildman–Crippen MR) is 133 cm³/mol. The summed E-state index contributed by atoms with van der Waals surface area (Å²) in [5.41, 5.74) is 1.50. The molecule has 0 atom stereocenters. The van der Waals surface area contributed by atoms with Crippen molar-refractivity contribution in [1.29, 1.82) is 0 Å². The Morgan fingerprint density at radius 2 is 1.50 bits per heavy atom. The Bertz CT molecular complexity index is 1350. The van der Waals surface area contributed by atoms with Gasteiger partial charge in [0.15, 0.2) is 32.9 Å². The molecule has 3 rings (SSSR count). The smallest absolute Gasteiger partial charge is 0.181 e. The van der Waals surface area contributed by atoms with Gasteiger partial charge in [0, 0.05) is 30.2 Å². The average molecular weight is 514 g/mol. The van der Waals surface area contributed by atoms with Crippen LogP contribution in [0.25, 0.3) is 11.3 Å². The number of ether oxygens (including phenoxy) is 3. The summed E-state index contributed by atoms with van der Waals surface area (Å²) in [4.78, 5) is 30.1. The van der Waals surface area contributed by atoms with Gasteiger partial charge in [-0.15, -0.1) is 0 Å². The van der Waals surface area contributed by atoms with Crippen LogP contribution in [0.15, 0.2) is 59.5 Å². The van der Waals surface area contributed by atoms with Gasteiger partial charge in [0.05, 0.1) is 25.7 Å². The molecule has 2 aromatic carbocycles. The quantitative estimate of drug-likeness (QED) is 0.362. The van der Waals surface area contributed by atoms with Crippen LogP contribution in [0.3, 0.4) is 0 Å². The fourth-order valence-corrected chi connectivity index (χ4v) is 4.08. The normalized spacial score (nSPS) is 11.1. The number of rotatable bonds is 12. The number of nitrogens with zero attached hydrogens (tertiary/aromatic N) is 1. The van der Waals surface area contributed by atoms with Gasteiger partial charge < -0.3 is 19.3 Å². The van der Waals surface area contributed by atoms with Crippen molar-refractivity contribution in [2.75, 3.05) is 33.7 Å². The van der Waals surface area contributed by atoms with E-state index >= 15 is 0 Å². The highest BCUT2D eigenvalue weighted by atomic mass is 32.2. The van der Waals surface area contributed by atoms with E-state index in [9.17, 15) is 18.0 Å². The van der Waals surface area contributed by atoms with E-state index in [1.807, 2.05) is 0 Å². The third-order valence-corrected chi connectivity index (χ3v) is 6.46. The van der Waals surface area contributed by atoms with Gasteiger partial charge in [-0.25, -0.2) is 13.4 Å². The van der Waals surface area contributed by atoms with Gasteiger partial charge in [0.25, 0.3) is 0 Å². The molecule has 10 heteroatoms. The van der Waals surface area contributed by atoms with Crippen LogP contribution in [0, 0.1) is 0 Å². The van der Waals surface area contributed by atoms with Crippen molar-refractivity contribution in [3.05, 3.63) is 65.9 Å². The number of Topliss-reactive ketones (excluding diaryl/α,β-unsaturated/α-hetero) is 2. The average Bonchev–Trinajstić information content (AvgIpc) is 2.89. The fourth-order valence-electron chi connectivity index (χ4n) is 3.45.